The van der Waals surface area contributed by atoms with Gasteiger partial charge in [0, 0.05) is 0 Å². The highest BCUT2D eigenvalue weighted by Crippen LogP contribution is 2.27. The second-order valence-electron chi connectivity index (χ2n) is 6.53. The monoisotopic (exact) mass is 392 g/mol. The lowest BCUT2D eigenvalue weighted by molar-refractivity contribution is -0.146. The molecule has 0 saturated heterocycles. The average Bonchev–Trinajstić information content (AvgIpc) is 2.75. The zero-order valence-corrected chi connectivity index (χ0v) is 16.5. The summed E-state index contributed by atoms with van der Waals surface area (Å²) in [5, 5.41) is 1.95. The molecule has 0 aliphatic rings. The first-order valence-corrected chi connectivity index (χ1v) is 9.47. The van der Waals surface area contributed by atoms with Crippen LogP contribution >= 0.6 is 0 Å². The van der Waals surface area contributed by atoms with Crippen molar-refractivity contribution < 1.29 is 19.1 Å². The molecule has 1 amide bonds. The standard InChI is InChI=1S/C23H24N2O4/c1-3-28-22(26)21(20-14-13-16(2)18-11-7-8-12-19(18)20)24-25-23(27)29-15-17-9-5-4-6-10-17/h4-14,21,24H,3,15H2,1-2H3,(H,25,27)/t21-/m0/s1. The maximum Gasteiger partial charge on any atom is 0.421 e. The summed E-state index contributed by atoms with van der Waals surface area (Å²) in [6.07, 6.45) is -0.681. The molecule has 0 aliphatic heterocycles. The number of ether oxygens (including phenoxy) is 2. The van der Waals surface area contributed by atoms with Gasteiger partial charge in [0.2, 0.25) is 0 Å². The summed E-state index contributed by atoms with van der Waals surface area (Å²) in [5.41, 5.74) is 7.91. The Hall–Kier alpha value is -3.38. The summed E-state index contributed by atoms with van der Waals surface area (Å²) < 4.78 is 10.4. The van der Waals surface area contributed by atoms with Crippen LogP contribution in [0.25, 0.3) is 10.8 Å². The molecular formula is C23H24N2O4. The summed E-state index contributed by atoms with van der Waals surface area (Å²) in [5.74, 6) is -0.482. The number of esters is 1. The number of amides is 1. The molecule has 150 valence electrons. The van der Waals surface area contributed by atoms with Gasteiger partial charge >= 0.3 is 12.1 Å². The van der Waals surface area contributed by atoms with Crippen molar-refractivity contribution in [3.05, 3.63) is 83.4 Å². The second kappa shape index (κ2) is 9.71. The summed E-state index contributed by atoms with van der Waals surface area (Å²) >= 11 is 0. The molecule has 0 bridgehead atoms. The first-order chi connectivity index (χ1) is 14.1. The van der Waals surface area contributed by atoms with Crippen LogP contribution in [0.5, 0.6) is 0 Å². The highest BCUT2D eigenvalue weighted by Gasteiger charge is 2.25. The first-order valence-electron chi connectivity index (χ1n) is 9.47. The van der Waals surface area contributed by atoms with Crippen LogP contribution in [0, 0.1) is 6.92 Å². The summed E-state index contributed by atoms with van der Waals surface area (Å²) in [6.45, 7) is 4.12. The molecular weight excluding hydrogens is 368 g/mol. The molecule has 3 aromatic rings. The minimum Gasteiger partial charge on any atom is -0.465 e. The van der Waals surface area contributed by atoms with E-state index in [-0.39, 0.29) is 13.2 Å². The molecule has 0 saturated carbocycles. The van der Waals surface area contributed by atoms with E-state index in [4.69, 9.17) is 9.47 Å². The molecule has 0 aliphatic carbocycles. The van der Waals surface area contributed by atoms with Crippen molar-refractivity contribution in [1.29, 1.82) is 0 Å². The number of rotatable bonds is 7. The van der Waals surface area contributed by atoms with Crippen LogP contribution in [-0.4, -0.2) is 18.7 Å². The van der Waals surface area contributed by atoms with Gasteiger partial charge in [-0.1, -0.05) is 66.7 Å². The fraction of sp³-hybridized carbons (Fsp3) is 0.217. The number of nitrogens with one attached hydrogen (secondary N) is 2. The maximum atomic E-state index is 12.6. The molecule has 0 heterocycles. The molecule has 0 spiro atoms. The molecule has 0 aromatic heterocycles. The Labute approximate surface area is 169 Å². The molecule has 3 rings (SSSR count). The van der Waals surface area contributed by atoms with Gasteiger partial charge in [-0.3, -0.25) is 5.43 Å². The van der Waals surface area contributed by atoms with Crippen molar-refractivity contribution in [1.82, 2.24) is 10.9 Å². The van der Waals surface area contributed by atoms with Crippen molar-refractivity contribution in [3.63, 3.8) is 0 Å². The molecule has 1 atom stereocenters. The highest BCUT2D eigenvalue weighted by atomic mass is 16.6. The van der Waals surface area contributed by atoms with Crippen LogP contribution < -0.4 is 10.9 Å². The van der Waals surface area contributed by atoms with Crippen molar-refractivity contribution in [2.45, 2.75) is 26.5 Å². The second-order valence-corrected chi connectivity index (χ2v) is 6.53. The van der Waals surface area contributed by atoms with Gasteiger partial charge in [0.05, 0.1) is 6.61 Å². The van der Waals surface area contributed by atoms with Crippen molar-refractivity contribution in [2.24, 2.45) is 0 Å². The third-order valence-corrected chi connectivity index (χ3v) is 4.54. The van der Waals surface area contributed by atoms with Crippen LogP contribution in [0.15, 0.2) is 66.7 Å². The van der Waals surface area contributed by atoms with Crippen LogP contribution in [0.1, 0.15) is 29.7 Å². The van der Waals surface area contributed by atoms with E-state index in [2.05, 4.69) is 10.9 Å². The van der Waals surface area contributed by atoms with Crippen molar-refractivity contribution >= 4 is 22.8 Å². The summed E-state index contributed by atoms with van der Waals surface area (Å²) in [7, 11) is 0. The predicted octanol–water partition coefficient (Wildman–Crippen LogP) is 4.18. The lowest BCUT2D eigenvalue weighted by Gasteiger charge is -2.20. The van der Waals surface area contributed by atoms with E-state index in [1.54, 1.807) is 6.92 Å². The molecule has 6 nitrogen and oxygen atoms in total. The molecule has 0 radical (unpaired) electrons. The van der Waals surface area contributed by atoms with Gasteiger partial charge in [0.1, 0.15) is 12.6 Å². The number of hydrazine groups is 1. The van der Waals surface area contributed by atoms with Crippen molar-refractivity contribution in [2.75, 3.05) is 6.61 Å². The SMILES string of the molecule is CCOC(=O)[C@@H](NNC(=O)OCc1ccccc1)c1ccc(C)c2ccccc12. The van der Waals surface area contributed by atoms with Gasteiger partial charge in [-0.15, -0.1) is 0 Å². The van der Waals surface area contributed by atoms with Gasteiger partial charge in [0.15, 0.2) is 0 Å². The fourth-order valence-corrected chi connectivity index (χ4v) is 3.10. The van der Waals surface area contributed by atoms with E-state index in [1.807, 2.05) is 73.7 Å². The molecule has 0 fully saturated rings. The third-order valence-electron chi connectivity index (χ3n) is 4.54. The zero-order valence-electron chi connectivity index (χ0n) is 16.5. The molecule has 2 N–H and O–H groups in total. The topological polar surface area (TPSA) is 76.7 Å². The minimum atomic E-state index is -0.871. The van der Waals surface area contributed by atoms with E-state index >= 15 is 0 Å². The molecule has 29 heavy (non-hydrogen) atoms. The molecule has 3 aromatic carbocycles. The average molecular weight is 392 g/mol. The van der Waals surface area contributed by atoms with Crippen molar-refractivity contribution in [3.8, 4) is 0 Å². The number of hydrogen-bond acceptors (Lipinski definition) is 5. The lowest BCUT2D eigenvalue weighted by atomic mass is 9.96. The number of fused-ring (bicyclic) bond motifs is 1. The quantitative estimate of drug-likeness (QED) is 0.466. The Bertz CT molecular complexity index is 989. The van der Waals surface area contributed by atoms with Crippen LogP contribution in [0.3, 0.4) is 0 Å². The Morgan fingerprint density at radius 1 is 0.897 bits per heavy atom. The Balaban J connectivity index is 1.75. The van der Waals surface area contributed by atoms with E-state index in [1.165, 1.54) is 0 Å². The maximum absolute atomic E-state index is 12.6. The van der Waals surface area contributed by atoms with Gasteiger partial charge in [0.25, 0.3) is 0 Å². The van der Waals surface area contributed by atoms with E-state index < -0.39 is 18.1 Å². The van der Waals surface area contributed by atoms with E-state index in [0.29, 0.717) is 5.56 Å². The van der Waals surface area contributed by atoms with Gasteiger partial charge < -0.3 is 9.47 Å². The van der Waals surface area contributed by atoms with E-state index in [0.717, 1.165) is 21.9 Å². The number of carbonyl (C=O) groups excluding carboxylic acids is 2. The molecule has 6 heteroatoms. The minimum absolute atomic E-state index is 0.131. The number of carbonyl (C=O) groups is 2. The Morgan fingerprint density at radius 2 is 1.59 bits per heavy atom. The number of aryl methyl sites for hydroxylation is 1. The Kier molecular flexibility index (Phi) is 6.81. The smallest absolute Gasteiger partial charge is 0.421 e. The highest BCUT2D eigenvalue weighted by molar-refractivity contribution is 5.93. The van der Waals surface area contributed by atoms with Crippen LogP contribution in [0.4, 0.5) is 4.79 Å². The summed E-state index contributed by atoms with van der Waals surface area (Å²) in [4.78, 5) is 24.7. The lowest BCUT2D eigenvalue weighted by Crippen LogP contribution is -2.43. The van der Waals surface area contributed by atoms with Crippen LogP contribution in [0.2, 0.25) is 0 Å². The third kappa shape index (κ3) is 5.12. The molecule has 0 unspecified atom stereocenters. The van der Waals surface area contributed by atoms with E-state index in [9.17, 15) is 9.59 Å². The predicted molar refractivity (Wildman–Crippen MR) is 111 cm³/mol. The fourth-order valence-electron chi connectivity index (χ4n) is 3.10. The Morgan fingerprint density at radius 3 is 2.31 bits per heavy atom. The zero-order chi connectivity index (χ0) is 20.6. The first kappa shape index (κ1) is 20.4. The normalized spacial score (nSPS) is 11.7. The van der Waals surface area contributed by atoms with Gasteiger partial charge in [-0.2, -0.15) is 0 Å². The van der Waals surface area contributed by atoms with Gasteiger partial charge in [-0.05, 0) is 41.3 Å². The number of benzene rings is 3. The summed E-state index contributed by atoms with van der Waals surface area (Å²) in [6, 6.07) is 20.1. The van der Waals surface area contributed by atoms with Gasteiger partial charge in [-0.25, -0.2) is 15.0 Å². The number of hydrogen-bond donors (Lipinski definition) is 2. The largest absolute Gasteiger partial charge is 0.465 e. The van der Waals surface area contributed by atoms with Crippen LogP contribution in [-0.2, 0) is 20.9 Å².